The Morgan fingerprint density at radius 2 is 2.14 bits per heavy atom. The molecular weight excluding hydrogens is 276 g/mol. The molecule has 2 aliphatic rings. The molecule has 114 valence electrons. The molecule has 0 bridgehead atoms. The second-order valence-corrected chi connectivity index (χ2v) is 6.27. The van der Waals surface area contributed by atoms with Crippen molar-refractivity contribution in [3.8, 4) is 0 Å². The number of benzene rings is 1. The zero-order valence-corrected chi connectivity index (χ0v) is 12.8. The number of carbonyl (C=O) groups is 1. The number of aryl methyl sites for hydroxylation is 1. The van der Waals surface area contributed by atoms with Gasteiger partial charge in [-0.2, -0.15) is 5.10 Å². The van der Waals surface area contributed by atoms with Gasteiger partial charge in [-0.15, -0.1) is 0 Å². The standard InChI is InChI=1S/C17H20N4O/c1-13-8-18-21(9-13)15-10-19(11-15)12-17(22)20-7-6-14-4-2-3-5-16(14)20/h2-5,8-9,15H,6-7,10-12H2,1H3. The Balaban J connectivity index is 1.35. The highest BCUT2D eigenvalue weighted by atomic mass is 16.2. The van der Waals surface area contributed by atoms with Crippen molar-refractivity contribution in [3.05, 3.63) is 47.8 Å². The summed E-state index contributed by atoms with van der Waals surface area (Å²) >= 11 is 0. The summed E-state index contributed by atoms with van der Waals surface area (Å²) in [4.78, 5) is 16.7. The molecule has 1 amide bonds. The number of rotatable bonds is 3. The van der Waals surface area contributed by atoms with Crippen molar-refractivity contribution in [1.82, 2.24) is 14.7 Å². The van der Waals surface area contributed by atoms with Crippen LogP contribution in [0.4, 0.5) is 5.69 Å². The topological polar surface area (TPSA) is 41.4 Å². The predicted octanol–water partition coefficient (Wildman–Crippen LogP) is 1.64. The molecule has 0 N–H and O–H groups in total. The molecule has 5 nitrogen and oxygen atoms in total. The van der Waals surface area contributed by atoms with Crippen molar-refractivity contribution in [3.63, 3.8) is 0 Å². The lowest BCUT2D eigenvalue weighted by Crippen LogP contribution is -2.52. The number of carbonyl (C=O) groups excluding carboxylic acids is 1. The summed E-state index contributed by atoms with van der Waals surface area (Å²) in [5, 5.41) is 4.35. The van der Waals surface area contributed by atoms with Gasteiger partial charge in [-0.25, -0.2) is 0 Å². The Morgan fingerprint density at radius 3 is 2.91 bits per heavy atom. The minimum absolute atomic E-state index is 0.208. The molecule has 1 aromatic carbocycles. The number of fused-ring (bicyclic) bond motifs is 1. The summed E-state index contributed by atoms with van der Waals surface area (Å²) in [6, 6.07) is 8.61. The molecule has 1 saturated heterocycles. The maximum atomic E-state index is 12.5. The molecule has 0 radical (unpaired) electrons. The summed E-state index contributed by atoms with van der Waals surface area (Å²) in [6.45, 7) is 5.18. The molecule has 4 rings (SSSR count). The van der Waals surface area contributed by atoms with Crippen molar-refractivity contribution in [2.45, 2.75) is 19.4 Å². The molecule has 5 heteroatoms. The van der Waals surface area contributed by atoms with Crippen molar-refractivity contribution >= 4 is 11.6 Å². The van der Waals surface area contributed by atoms with Crippen LogP contribution in [0.1, 0.15) is 17.2 Å². The normalized spacial score (nSPS) is 18.3. The molecule has 1 fully saturated rings. The van der Waals surface area contributed by atoms with E-state index in [1.54, 1.807) is 0 Å². The van der Waals surface area contributed by atoms with Crippen molar-refractivity contribution in [2.75, 3.05) is 31.1 Å². The number of anilines is 1. The van der Waals surface area contributed by atoms with Gasteiger partial charge in [-0.05, 0) is 30.5 Å². The first-order valence-electron chi connectivity index (χ1n) is 7.82. The Bertz CT molecular complexity index is 702. The van der Waals surface area contributed by atoms with E-state index in [0.717, 1.165) is 31.7 Å². The van der Waals surface area contributed by atoms with Crippen LogP contribution >= 0.6 is 0 Å². The number of para-hydroxylation sites is 1. The van der Waals surface area contributed by atoms with Gasteiger partial charge < -0.3 is 4.90 Å². The first kappa shape index (κ1) is 13.5. The third kappa shape index (κ3) is 2.31. The minimum atomic E-state index is 0.208. The first-order chi connectivity index (χ1) is 10.7. The Morgan fingerprint density at radius 1 is 1.32 bits per heavy atom. The number of aromatic nitrogens is 2. The third-order valence-electron chi connectivity index (χ3n) is 4.59. The summed E-state index contributed by atoms with van der Waals surface area (Å²) in [5.41, 5.74) is 3.56. The van der Waals surface area contributed by atoms with Gasteiger partial charge in [-0.1, -0.05) is 18.2 Å². The lowest BCUT2D eigenvalue weighted by Gasteiger charge is -2.39. The summed E-state index contributed by atoms with van der Waals surface area (Å²) in [6.07, 6.45) is 4.92. The van der Waals surface area contributed by atoms with Crippen LogP contribution in [-0.4, -0.2) is 46.8 Å². The molecule has 0 spiro atoms. The molecule has 0 saturated carbocycles. The maximum Gasteiger partial charge on any atom is 0.241 e. The number of hydrogen-bond donors (Lipinski definition) is 0. The van der Waals surface area contributed by atoms with Crippen molar-refractivity contribution in [1.29, 1.82) is 0 Å². The largest absolute Gasteiger partial charge is 0.311 e. The van der Waals surface area contributed by atoms with Gasteiger partial charge in [0.05, 0.1) is 18.8 Å². The highest BCUT2D eigenvalue weighted by Crippen LogP contribution is 2.28. The summed E-state index contributed by atoms with van der Waals surface area (Å²) in [7, 11) is 0. The number of amides is 1. The lowest BCUT2D eigenvalue weighted by atomic mass is 10.1. The van der Waals surface area contributed by atoms with Crippen LogP contribution < -0.4 is 4.90 Å². The highest BCUT2D eigenvalue weighted by molar-refractivity contribution is 5.96. The van der Waals surface area contributed by atoms with E-state index < -0.39 is 0 Å². The highest BCUT2D eigenvalue weighted by Gasteiger charge is 2.32. The zero-order chi connectivity index (χ0) is 15.1. The molecule has 22 heavy (non-hydrogen) atoms. The van der Waals surface area contributed by atoms with Gasteiger partial charge in [0, 0.05) is 31.5 Å². The molecule has 0 atom stereocenters. The number of nitrogens with zero attached hydrogens (tertiary/aromatic N) is 4. The zero-order valence-electron chi connectivity index (χ0n) is 12.8. The van der Waals surface area contributed by atoms with Crippen LogP contribution in [-0.2, 0) is 11.2 Å². The average Bonchev–Trinajstić information content (AvgIpc) is 3.08. The molecule has 3 heterocycles. The van der Waals surface area contributed by atoms with Crippen LogP contribution in [0.2, 0.25) is 0 Å². The van der Waals surface area contributed by atoms with E-state index in [4.69, 9.17) is 0 Å². The van der Waals surface area contributed by atoms with Gasteiger partial charge in [0.15, 0.2) is 0 Å². The fourth-order valence-electron chi connectivity index (χ4n) is 3.35. The van der Waals surface area contributed by atoms with Gasteiger partial charge in [0.25, 0.3) is 0 Å². The molecular formula is C17H20N4O. The van der Waals surface area contributed by atoms with Crippen molar-refractivity contribution in [2.24, 2.45) is 0 Å². The van der Waals surface area contributed by atoms with Crippen LogP contribution in [0.25, 0.3) is 0 Å². The smallest absolute Gasteiger partial charge is 0.241 e. The predicted molar refractivity (Wildman–Crippen MR) is 84.9 cm³/mol. The fourth-order valence-corrected chi connectivity index (χ4v) is 3.35. The van der Waals surface area contributed by atoms with E-state index in [-0.39, 0.29) is 5.91 Å². The van der Waals surface area contributed by atoms with E-state index in [9.17, 15) is 4.79 Å². The second kappa shape index (κ2) is 5.25. The van der Waals surface area contributed by atoms with E-state index in [1.165, 1.54) is 11.1 Å². The van der Waals surface area contributed by atoms with Crippen LogP contribution in [0.15, 0.2) is 36.7 Å². The Hall–Kier alpha value is -2.14. The molecule has 2 aromatic rings. The van der Waals surface area contributed by atoms with E-state index in [1.807, 2.05) is 40.9 Å². The van der Waals surface area contributed by atoms with Gasteiger partial charge >= 0.3 is 0 Å². The second-order valence-electron chi connectivity index (χ2n) is 6.27. The quantitative estimate of drug-likeness (QED) is 0.864. The van der Waals surface area contributed by atoms with Gasteiger partial charge in [-0.3, -0.25) is 14.4 Å². The monoisotopic (exact) mass is 296 g/mol. The van der Waals surface area contributed by atoms with E-state index in [0.29, 0.717) is 12.6 Å². The average molecular weight is 296 g/mol. The first-order valence-corrected chi connectivity index (χ1v) is 7.82. The van der Waals surface area contributed by atoms with Crippen molar-refractivity contribution < 1.29 is 4.79 Å². The fraction of sp³-hybridized carbons (Fsp3) is 0.412. The molecule has 1 aromatic heterocycles. The van der Waals surface area contributed by atoms with Crippen LogP contribution in [0.5, 0.6) is 0 Å². The maximum absolute atomic E-state index is 12.5. The van der Waals surface area contributed by atoms with Crippen LogP contribution in [0.3, 0.4) is 0 Å². The third-order valence-corrected chi connectivity index (χ3v) is 4.59. The molecule has 0 aliphatic carbocycles. The van der Waals surface area contributed by atoms with Gasteiger partial charge in [0.2, 0.25) is 5.91 Å². The van der Waals surface area contributed by atoms with Crippen LogP contribution in [0, 0.1) is 6.92 Å². The number of likely N-dealkylation sites (tertiary alicyclic amines) is 1. The minimum Gasteiger partial charge on any atom is -0.311 e. The number of hydrogen-bond acceptors (Lipinski definition) is 3. The lowest BCUT2D eigenvalue weighted by molar-refractivity contribution is -0.121. The summed E-state index contributed by atoms with van der Waals surface area (Å²) in [5.74, 6) is 0.208. The van der Waals surface area contributed by atoms with Gasteiger partial charge in [0.1, 0.15) is 0 Å². The van der Waals surface area contributed by atoms with E-state index >= 15 is 0 Å². The SMILES string of the molecule is Cc1cnn(C2CN(CC(=O)N3CCc4ccccc43)C2)c1. The summed E-state index contributed by atoms with van der Waals surface area (Å²) < 4.78 is 2.02. The van der Waals surface area contributed by atoms with E-state index in [2.05, 4.69) is 22.3 Å². The molecule has 2 aliphatic heterocycles. The Labute approximate surface area is 130 Å². The Kier molecular flexibility index (Phi) is 3.22. The molecule has 0 unspecified atom stereocenters.